The summed E-state index contributed by atoms with van der Waals surface area (Å²) in [6, 6.07) is 21.2. The van der Waals surface area contributed by atoms with Gasteiger partial charge in [0.15, 0.2) is 0 Å². The molecule has 2 aromatic rings. The quantitative estimate of drug-likeness (QED) is 0.470. The smallest absolute Gasteiger partial charge is 0.0183 e. The van der Waals surface area contributed by atoms with Gasteiger partial charge in [0.05, 0.1) is 0 Å². The van der Waals surface area contributed by atoms with Crippen molar-refractivity contribution in [1.29, 1.82) is 0 Å². The van der Waals surface area contributed by atoms with E-state index in [9.17, 15) is 0 Å². The van der Waals surface area contributed by atoms with Crippen molar-refractivity contribution in [2.75, 3.05) is 20.3 Å². The zero-order valence-electron chi connectivity index (χ0n) is 11.8. The zero-order valence-corrected chi connectivity index (χ0v) is 16.2. The summed E-state index contributed by atoms with van der Waals surface area (Å²) >= 11 is 19.4. The average molecular weight is 375 g/mol. The van der Waals surface area contributed by atoms with E-state index in [0.29, 0.717) is 20.3 Å². The van der Waals surface area contributed by atoms with E-state index in [-0.39, 0.29) is 0 Å². The van der Waals surface area contributed by atoms with Crippen molar-refractivity contribution in [3.05, 3.63) is 60.7 Å². The molecule has 0 amide bonds. The second kappa shape index (κ2) is 6.00. The Morgan fingerprint density at radius 3 is 1.05 bits per heavy atom. The molecule has 0 saturated carbocycles. The fourth-order valence-corrected chi connectivity index (χ4v) is 16.3. The highest BCUT2D eigenvalue weighted by atomic mass is 32.4. The standard InChI is InChI=1S/C16H22S5/c17-11-21(12-18,13-19,14-20,15-7-3-1-4-8-15)16-9-5-2-6-10-16/h1-10,17-20H,11-14H2. The molecule has 0 nitrogen and oxygen atoms in total. The molecule has 0 aliphatic carbocycles. The predicted octanol–water partition coefficient (Wildman–Crippen LogP) is 5.53. The van der Waals surface area contributed by atoms with E-state index >= 15 is 0 Å². The monoisotopic (exact) mass is 374 g/mol. The topological polar surface area (TPSA) is 0 Å². The molecule has 0 aromatic heterocycles. The summed E-state index contributed by atoms with van der Waals surface area (Å²) < 4.78 is 0. The summed E-state index contributed by atoms with van der Waals surface area (Å²) in [7, 11) is -3.04. The number of hydrogen-bond donors (Lipinski definition) is 4. The molecule has 0 heterocycles. The Labute approximate surface area is 149 Å². The summed E-state index contributed by atoms with van der Waals surface area (Å²) in [6.45, 7) is 0. The number of hydrogen-bond acceptors (Lipinski definition) is 4. The minimum Gasteiger partial charge on any atom is -0.202 e. The van der Waals surface area contributed by atoms with Gasteiger partial charge in [-0.25, -0.2) is 8.29 Å². The lowest BCUT2D eigenvalue weighted by molar-refractivity contribution is 1.26. The van der Waals surface area contributed by atoms with Gasteiger partial charge < -0.3 is 0 Å². The molecule has 5 heteroatoms. The van der Waals surface area contributed by atoms with Crippen LogP contribution in [0, 0.1) is 0 Å². The number of benzene rings is 2. The van der Waals surface area contributed by atoms with Crippen molar-refractivity contribution >= 4 is 58.8 Å². The van der Waals surface area contributed by atoms with Gasteiger partial charge in [-0.2, -0.15) is 50.5 Å². The van der Waals surface area contributed by atoms with Crippen LogP contribution in [0.3, 0.4) is 0 Å². The molecular weight excluding hydrogens is 353 g/mol. The molecule has 0 saturated heterocycles. The number of rotatable bonds is 6. The summed E-state index contributed by atoms with van der Waals surface area (Å²) in [5, 5.41) is 2.80. The Hall–Kier alpha value is 0.190. The second-order valence-corrected chi connectivity index (χ2v) is 15.7. The van der Waals surface area contributed by atoms with Crippen LogP contribution in [-0.2, 0) is 0 Å². The maximum atomic E-state index is 4.84. The third-order valence-electron chi connectivity index (χ3n) is 4.67. The highest BCUT2D eigenvalue weighted by Crippen LogP contribution is 2.99. The van der Waals surface area contributed by atoms with Crippen molar-refractivity contribution in [3.8, 4) is 0 Å². The molecule has 2 aromatic carbocycles. The normalized spacial score (nSPS) is 15.2. The van der Waals surface area contributed by atoms with Gasteiger partial charge in [-0.15, -0.1) is 0 Å². The van der Waals surface area contributed by atoms with Crippen molar-refractivity contribution in [2.24, 2.45) is 0 Å². The Kier molecular flexibility index (Phi) is 5.02. The van der Waals surface area contributed by atoms with Gasteiger partial charge in [0, 0.05) is 20.3 Å². The first kappa shape index (κ1) is 17.5. The third-order valence-corrected chi connectivity index (χ3v) is 21.2. The van der Waals surface area contributed by atoms with Crippen LogP contribution in [0.1, 0.15) is 0 Å². The summed E-state index contributed by atoms with van der Waals surface area (Å²) in [4.78, 5) is 2.55. The van der Waals surface area contributed by atoms with Gasteiger partial charge in [-0.05, 0) is 9.79 Å². The van der Waals surface area contributed by atoms with Crippen LogP contribution in [0.5, 0.6) is 0 Å². The summed E-state index contributed by atoms with van der Waals surface area (Å²) in [5.41, 5.74) is 0. The summed E-state index contributed by atoms with van der Waals surface area (Å²) in [6.07, 6.45) is 0. The SMILES string of the molecule is SCS(CS)(CS)(CS)(c1ccccc1)c1ccccc1. The Morgan fingerprint density at radius 2 is 0.810 bits per heavy atom. The average Bonchev–Trinajstić information content (AvgIpc) is 2.61. The van der Waals surface area contributed by atoms with Crippen LogP contribution in [0.2, 0.25) is 0 Å². The van der Waals surface area contributed by atoms with Crippen LogP contribution in [0.15, 0.2) is 70.5 Å². The molecule has 0 spiro atoms. The van der Waals surface area contributed by atoms with Gasteiger partial charge >= 0.3 is 0 Å². The summed E-state index contributed by atoms with van der Waals surface area (Å²) in [5.74, 6) is 0. The van der Waals surface area contributed by atoms with Crippen molar-refractivity contribution in [3.63, 3.8) is 0 Å². The Morgan fingerprint density at radius 1 is 0.524 bits per heavy atom. The van der Waals surface area contributed by atoms with Gasteiger partial charge in [0.2, 0.25) is 0 Å². The fourth-order valence-electron chi connectivity index (χ4n) is 2.72. The third kappa shape index (κ3) is 2.12. The lowest BCUT2D eigenvalue weighted by atomic mass is 10.4. The fraction of sp³-hybridized carbons (Fsp3) is 0.250. The molecule has 116 valence electrons. The molecule has 0 aliphatic rings. The van der Waals surface area contributed by atoms with E-state index in [4.69, 9.17) is 50.5 Å². The maximum Gasteiger partial charge on any atom is 0.0183 e. The van der Waals surface area contributed by atoms with Crippen LogP contribution in [-0.4, -0.2) is 20.3 Å². The molecule has 0 fully saturated rings. The Balaban J connectivity index is 3.01. The molecule has 0 radical (unpaired) electrons. The van der Waals surface area contributed by atoms with E-state index in [0.717, 1.165) is 0 Å². The van der Waals surface area contributed by atoms with Crippen molar-refractivity contribution in [2.45, 2.75) is 9.79 Å². The van der Waals surface area contributed by atoms with E-state index in [1.165, 1.54) is 9.79 Å². The van der Waals surface area contributed by atoms with E-state index in [1.807, 2.05) is 12.1 Å². The minimum atomic E-state index is -3.04. The van der Waals surface area contributed by atoms with Crippen LogP contribution in [0.25, 0.3) is 0 Å². The first-order valence-corrected chi connectivity index (χ1v) is 12.3. The van der Waals surface area contributed by atoms with Gasteiger partial charge in [0.25, 0.3) is 0 Å². The first-order valence-electron chi connectivity index (χ1n) is 6.65. The van der Waals surface area contributed by atoms with Gasteiger partial charge in [-0.3, -0.25) is 0 Å². The van der Waals surface area contributed by atoms with Crippen LogP contribution < -0.4 is 0 Å². The lowest BCUT2D eigenvalue weighted by Crippen LogP contribution is -2.43. The highest BCUT2D eigenvalue weighted by Gasteiger charge is 2.60. The number of thiol groups is 4. The maximum absolute atomic E-state index is 4.84. The molecular formula is C16H22S5. The zero-order chi connectivity index (χ0) is 15.5. The molecule has 0 atom stereocenters. The highest BCUT2D eigenvalue weighted by molar-refractivity contribution is 8.73. The first-order chi connectivity index (χ1) is 10.1. The lowest BCUT2D eigenvalue weighted by Gasteiger charge is -2.77. The largest absolute Gasteiger partial charge is 0.202 e. The van der Waals surface area contributed by atoms with Crippen LogP contribution in [0.4, 0.5) is 0 Å². The molecule has 0 bridgehead atoms. The van der Waals surface area contributed by atoms with Crippen LogP contribution >= 0.6 is 58.8 Å². The van der Waals surface area contributed by atoms with E-state index in [2.05, 4.69) is 48.5 Å². The predicted molar refractivity (Wildman–Crippen MR) is 112 cm³/mol. The van der Waals surface area contributed by atoms with Gasteiger partial charge in [-0.1, -0.05) is 60.7 Å². The Bertz CT molecular complexity index is 532. The molecule has 0 N–H and O–H groups in total. The van der Waals surface area contributed by atoms with Crippen molar-refractivity contribution < 1.29 is 0 Å². The second-order valence-electron chi connectivity index (χ2n) is 5.62. The van der Waals surface area contributed by atoms with Gasteiger partial charge in [0.1, 0.15) is 0 Å². The molecule has 21 heavy (non-hydrogen) atoms. The molecule has 0 unspecified atom stereocenters. The molecule has 2 rings (SSSR count). The van der Waals surface area contributed by atoms with E-state index in [1.54, 1.807) is 0 Å². The van der Waals surface area contributed by atoms with E-state index < -0.39 is 8.29 Å². The minimum absolute atomic E-state index is 0.699. The van der Waals surface area contributed by atoms with Crippen molar-refractivity contribution in [1.82, 2.24) is 0 Å². The molecule has 0 aliphatic heterocycles.